The van der Waals surface area contributed by atoms with Gasteiger partial charge in [0.05, 0.1) is 12.8 Å². The molecule has 21 heavy (non-hydrogen) atoms. The molecule has 1 aliphatic rings. The largest absolute Gasteiger partial charge is 0.495 e. The van der Waals surface area contributed by atoms with E-state index >= 15 is 0 Å². The summed E-state index contributed by atoms with van der Waals surface area (Å²) in [5.41, 5.74) is 7.11. The molecule has 3 N–H and O–H groups in total. The van der Waals surface area contributed by atoms with Crippen LogP contribution >= 0.6 is 0 Å². The van der Waals surface area contributed by atoms with E-state index in [0.717, 1.165) is 24.8 Å². The minimum absolute atomic E-state index is 0.281. The van der Waals surface area contributed by atoms with Crippen molar-refractivity contribution in [3.05, 3.63) is 23.8 Å². The van der Waals surface area contributed by atoms with Gasteiger partial charge in [0.25, 0.3) is 0 Å². The molecule has 0 atom stereocenters. The summed E-state index contributed by atoms with van der Waals surface area (Å²) >= 11 is 0. The fourth-order valence-electron chi connectivity index (χ4n) is 2.38. The SMILES string of the molecule is COc1ccc(C2(N)CCC2)cc1NC(=O)OC(C)(C)C. The number of rotatable bonds is 3. The molecule has 1 amide bonds. The molecule has 1 saturated carbocycles. The summed E-state index contributed by atoms with van der Waals surface area (Å²) in [6, 6.07) is 5.66. The minimum atomic E-state index is -0.544. The first-order chi connectivity index (χ1) is 9.73. The number of ether oxygens (including phenoxy) is 2. The number of hydrogen-bond acceptors (Lipinski definition) is 4. The van der Waals surface area contributed by atoms with Crippen molar-refractivity contribution < 1.29 is 14.3 Å². The lowest BCUT2D eigenvalue weighted by molar-refractivity contribution is 0.0635. The molecule has 1 aliphatic carbocycles. The first kappa shape index (κ1) is 15.6. The Bertz CT molecular complexity index is 531. The second kappa shape index (κ2) is 5.56. The van der Waals surface area contributed by atoms with Gasteiger partial charge in [-0.15, -0.1) is 0 Å². The minimum Gasteiger partial charge on any atom is -0.495 e. The number of carbonyl (C=O) groups excluding carboxylic acids is 1. The number of benzene rings is 1. The number of amides is 1. The Kier molecular flexibility index (Phi) is 4.14. The van der Waals surface area contributed by atoms with Gasteiger partial charge in [-0.2, -0.15) is 0 Å². The third-order valence-electron chi connectivity index (χ3n) is 3.66. The van der Waals surface area contributed by atoms with Crippen LogP contribution in [0.3, 0.4) is 0 Å². The number of nitrogens with one attached hydrogen (secondary N) is 1. The van der Waals surface area contributed by atoms with E-state index in [1.165, 1.54) is 0 Å². The normalized spacial score (nSPS) is 16.8. The third-order valence-corrected chi connectivity index (χ3v) is 3.66. The monoisotopic (exact) mass is 292 g/mol. The average Bonchev–Trinajstić information content (AvgIpc) is 2.33. The van der Waals surface area contributed by atoms with Gasteiger partial charge >= 0.3 is 6.09 Å². The van der Waals surface area contributed by atoms with Crippen LogP contribution in [-0.4, -0.2) is 18.8 Å². The van der Waals surface area contributed by atoms with Crippen LogP contribution in [0.25, 0.3) is 0 Å². The smallest absolute Gasteiger partial charge is 0.412 e. The van der Waals surface area contributed by atoms with Gasteiger partial charge in [0.15, 0.2) is 0 Å². The summed E-state index contributed by atoms with van der Waals surface area (Å²) in [4.78, 5) is 11.9. The first-order valence-electron chi connectivity index (χ1n) is 7.21. The summed E-state index contributed by atoms with van der Waals surface area (Å²) in [5, 5.41) is 2.74. The number of methoxy groups -OCH3 is 1. The van der Waals surface area contributed by atoms with Gasteiger partial charge in [0.2, 0.25) is 0 Å². The van der Waals surface area contributed by atoms with Gasteiger partial charge in [-0.1, -0.05) is 6.07 Å². The standard InChI is InChI=1S/C16H24N2O3/c1-15(2,3)21-14(19)18-12-10-11(6-7-13(12)20-4)16(17)8-5-9-16/h6-7,10H,5,8-9,17H2,1-4H3,(H,18,19). The predicted molar refractivity (Wildman–Crippen MR) is 82.6 cm³/mol. The highest BCUT2D eigenvalue weighted by Crippen LogP contribution is 2.41. The number of anilines is 1. The second-order valence-corrected chi connectivity index (χ2v) is 6.55. The van der Waals surface area contributed by atoms with E-state index in [1.807, 2.05) is 39.0 Å². The van der Waals surface area contributed by atoms with Crippen LogP contribution in [0, 0.1) is 0 Å². The molecule has 0 spiro atoms. The maximum absolute atomic E-state index is 11.9. The average molecular weight is 292 g/mol. The highest BCUT2D eigenvalue weighted by molar-refractivity contribution is 5.87. The molecule has 0 heterocycles. The zero-order chi connectivity index (χ0) is 15.7. The van der Waals surface area contributed by atoms with Crippen LogP contribution in [0.5, 0.6) is 5.75 Å². The van der Waals surface area contributed by atoms with Gasteiger partial charge in [-0.3, -0.25) is 5.32 Å². The molecule has 116 valence electrons. The molecule has 5 heteroatoms. The highest BCUT2D eigenvalue weighted by Gasteiger charge is 2.34. The van der Waals surface area contributed by atoms with E-state index < -0.39 is 11.7 Å². The molecule has 1 aromatic carbocycles. The van der Waals surface area contributed by atoms with Gasteiger partial charge < -0.3 is 15.2 Å². The maximum Gasteiger partial charge on any atom is 0.412 e. The molecular formula is C16H24N2O3. The molecule has 0 aliphatic heterocycles. The third kappa shape index (κ3) is 3.67. The molecular weight excluding hydrogens is 268 g/mol. The van der Waals surface area contributed by atoms with Crippen LogP contribution in [0.15, 0.2) is 18.2 Å². The molecule has 0 bridgehead atoms. The van der Waals surface area contributed by atoms with Gasteiger partial charge in [-0.05, 0) is 57.7 Å². The van der Waals surface area contributed by atoms with E-state index in [2.05, 4.69) is 5.32 Å². The molecule has 1 aromatic rings. The van der Waals surface area contributed by atoms with Crippen LogP contribution in [0.1, 0.15) is 45.6 Å². The van der Waals surface area contributed by atoms with E-state index in [1.54, 1.807) is 7.11 Å². The molecule has 1 fully saturated rings. The molecule has 0 saturated heterocycles. The van der Waals surface area contributed by atoms with E-state index in [-0.39, 0.29) is 5.54 Å². The van der Waals surface area contributed by atoms with Crippen molar-refractivity contribution in [1.29, 1.82) is 0 Å². The van der Waals surface area contributed by atoms with Gasteiger partial charge in [0, 0.05) is 5.54 Å². The molecule has 0 radical (unpaired) electrons. The first-order valence-corrected chi connectivity index (χ1v) is 7.21. The Balaban J connectivity index is 2.20. The lowest BCUT2D eigenvalue weighted by Gasteiger charge is -2.39. The van der Waals surface area contributed by atoms with Crippen LogP contribution in [0.2, 0.25) is 0 Å². The Hall–Kier alpha value is -1.75. The zero-order valence-electron chi connectivity index (χ0n) is 13.2. The Morgan fingerprint density at radius 2 is 2.00 bits per heavy atom. The lowest BCUT2D eigenvalue weighted by atomic mass is 9.72. The van der Waals surface area contributed by atoms with Crippen molar-refractivity contribution >= 4 is 11.8 Å². The topological polar surface area (TPSA) is 73.6 Å². The Morgan fingerprint density at radius 1 is 1.33 bits per heavy atom. The molecule has 0 unspecified atom stereocenters. The Morgan fingerprint density at radius 3 is 2.48 bits per heavy atom. The lowest BCUT2D eigenvalue weighted by Crippen LogP contribution is -2.43. The summed E-state index contributed by atoms with van der Waals surface area (Å²) in [5.74, 6) is 0.590. The van der Waals surface area contributed by atoms with Crippen LogP contribution in [0.4, 0.5) is 10.5 Å². The van der Waals surface area contributed by atoms with Gasteiger partial charge in [-0.25, -0.2) is 4.79 Å². The number of carbonyl (C=O) groups is 1. The fraction of sp³-hybridized carbons (Fsp3) is 0.562. The fourth-order valence-corrected chi connectivity index (χ4v) is 2.38. The van der Waals surface area contributed by atoms with Crippen molar-refractivity contribution in [3.8, 4) is 5.75 Å². The summed E-state index contributed by atoms with van der Waals surface area (Å²) in [6.07, 6.45) is 2.56. The van der Waals surface area contributed by atoms with Gasteiger partial charge in [0.1, 0.15) is 11.4 Å². The summed E-state index contributed by atoms with van der Waals surface area (Å²) in [7, 11) is 1.57. The van der Waals surface area contributed by atoms with Crippen molar-refractivity contribution in [1.82, 2.24) is 0 Å². The van der Waals surface area contributed by atoms with E-state index in [9.17, 15) is 4.79 Å². The zero-order valence-corrected chi connectivity index (χ0v) is 13.2. The molecule has 2 rings (SSSR count). The van der Waals surface area contributed by atoms with Crippen molar-refractivity contribution in [2.75, 3.05) is 12.4 Å². The summed E-state index contributed by atoms with van der Waals surface area (Å²) < 4.78 is 10.6. The number of nitrogens with two attached hydrogens (primary N) is 1. The van der Waals surface area contributed by atoms with E-state index in [4.69, 9.17) is 15.2 Å². The Labute approximate surface area is 125 Å². The molecule has 5 nitrogen and oxygen atoms in total. The van der Waals surface area contributed by atoms with Crippen LogP contribution < -0.4 is 15.8 Å². The quantitative estimate of drug-likeness (QED) is 0.895. The van der Waals surface area contributed by atoms with Crippen molar-refractivity contribution in [3.63, 3.8) is 0 Å². The van der Waals surface area contributed by atoms with E-state index in [0.29, 0.717) is 11.4 Å². The number of hydrogen-bond donors (Lipinski definition) is 2. The second-order valence-electron chi connectivity index (χ2n) is 6.55. The highest BCUT2D eigenvalue weighted by atomic mass is 16.6. The van der Waals surface area contributed by atoms with Crippen LogP contribution in [-0.2, 0) is 10.3 Å². The van der Waals surface area contributed by atoms with Crippen molar-refractivity contribution in [2.24, 2.45) is 5.73 Å². The van der Waals surface area contributed by atoms with Crippen molar-refractivity contribution in [2.45, 2.75) is 51.2 Å². The summed E-state index contributed by atoms with van der Waals surface area (Å²) in [6.45, 7) is 5.47. The maximum atomic E-state index is 11.9. The predicted octanol–water partition coefficient (Wildman–Crippen LogP) is 3.38. The molecule has 0 aromatic heterocycles.